The molecule has 5 nitrogen and oxygen atoms in total. The second-order valence-electron chi connectivity index (χ2n) is 4.05. The number of ether oxygens (including phenoxy) is 1. The van der Waals surface area contributed by atoms with Gasteiger partial charge in [-0.25, -0.2) is 0 Å². The average Bonchev–Trinajstić information content (AvgIpc) is 2.41. The van der Waals surface area contributed by atoms with Crippen LogP contribution in [0.15, 0.2) is 46.9 Å². The maximum atomic E-state index is 11.3. The van der Waals surface area contributed by atoms with E-state index >= 15 is 0 Å². The highest BCUT2D eigenvalue weighted by molar-refractivity contribution is 9.10. The Balaban J connectivity index is 2.34. The highest BCUT2D eigenvalue weighted by Gasteiger charge is 2.18. The summed E-state index contributed by atoms with van der Waals surface area (Å²) in [6, 6.07) is 11.2. The number of rotatable bonds is 4. The predicted molar refractivity (Wildman–Crippen MR) is 77.3 cm³/mol. The quantitative estimate of drug-likeness (QED) is 0.473. The van der Waals surface area contributed by atoms with E-state index in [-0.39, 0.29) is 17.0 Å². The molecule has 0 bridgehead atoms. The van der Waals surface area contributed by atoms with Crippen LogP contribution < -0.4 is 4.74 Å². The number of hydrogen-bond acceptors (Lipinski definition) is 4. The molecule has 0 unspecified atom stereocenters. The highest BCUT2D eigenvalue weighted by Crippen LogP contribution is 2.29. The van der Waals surface area contributed by atoms with Crippen molar-refractivity contribution in [2.24, 2.45) is 0 Å². The van der Waals surface area contributed by atoms with Crippen molar-refractivity contribution in [3.8, 4) is 11.5 Å². The first-order valence-corrected chi connectivity index (χ1v) is 6.49. The number of nitrogens with zero attached hydrogens (tertiary/aromatic N) is 1. The van der Waals surface area contributed by atoms with Crippen LogP contribution in [0.25, 0.3) is 0 Å². The summed E-state index contributed by atoms with van der Waals surface area (Å²) in [5.41, 5.74) is -0.190. The number of nitro benzene ring substituents is 1. The molecule has 6 heteroatoms. The van der Waals surface area contributed by atoms with E-state index in [1.807, 2.05) is 0 Å². The number of nitro groups is 1. The van der Waals surface area contributed by atoms with Crippen molar-refractivity contribution in [2.75, 3.05) is 0 Å². The number of hydrogen-bond donors (Lipinski definition) is 0. The van der Waals surface area contributed by atoms with E-state index in [1.165, 1.54) is 25.1 Å². The van der Waals surface area contributed by atoms with E-state index in [0.29, 0.717) is 11.5 Å². The van der Waals surface area contributed by atoms with Crippen molar-refractivity contribution in [1.29, 1.82) is 0 Å². The lowest BCUT2D eigenvalue weighted by Gasteiger charge is -2.07. The average molecular weight is 336 g/mol. The van der Waals surface area contributed by atoms with Crippen LogP contribution in [0.3, 0.4) is 0 Å². The number of carbonyl (C=O) groups is 1. The van der Waals surface area contributed by atoms with Gasteiger partial charge in [-0.15, -0.1) is 0 Å². The Hall–Kier alpha value is -2.21. The van der Waals surface area contributed by atoms with Gasteiger partial charge in [-0.3, -0.25) is 14.9 Å². The standard InChI is InChI=1S/C14H10BrNO4/c1-9(17)13-7-6-12(8-14(13)16(18)19)20-11-4-2-10(15)3-5-11/h2-8H,1H3. The summed E-state index contributed by atoms with van der Waals surface area (Å²) in [5.74, 6) is 0.508. The fraction of sp³-hybridized carbons (Fsp3) is 0.0714. The van der Waals surface area contributed by atoms with Crippen LogP contribution in [-0.2, 0) is 0 Å². The van der Waals surface area contributed by atoms with Gasteiger partial charge in [-0.2, -0.15) is 0 Å². The smallest absolute Gasteiger partial charge is 0.283 e. The SMILES string of the molecule is CC(=O)c1ccc(Oc2ccc(Br)cc2)cc1[N+](=O)[O-]. The van der Waals surface area contributed by atoms with E-state index in [0.717, 1.165) is 4.47 Å². The number of ketones is 1. The van der Waals surface area contributed by atoms with Crippen molar-refractivity contribution >= 4 is 27.4 Å². The zero-order valence-electron chi connectivity index (χ0n) is 10.5. The molecule has 102 valence electrons. The first kappa shape index (κ1) is 14.2. The zero-order valence-corrected chi connectivity index (χ0v) is 12.1. The lowest BCUT2D eigenvalue weighted by molar-refractivity contribution is -0.385. The molecular weight excluding hydrogens is 326 g/mol. The van der Waals surface area contributed by atoms with Crippen molar-refractivity contribution in [3.05, 3.63) is 62.6 Å². The minimum absolute atomic E-state index is 0.0677. The number of Topliss-reactive ketones (excluding diaryl/α,β-unsaturated/α-hetero) is 1. The second kappa shape index (κ2) is 5.83. The molecule has 0 fully saturated rings. The molecule has 0 aliphatic heterocycles. The molecule has 0 saturated carbocycles. The van der Waals surface area contributed by atoms with Crippen LogP contribution in [0.1, 0.15) is 17.3 Å². The largest absolute Gasteiger partial charge is 0.457 e. The van der Waals surface area contributed by atoms with Gasteiger partial charge >= 0.3 is 0 Å². The molecule has 0 aromatic heterocycles. The zero-order chi connectivity index (χ0) is 14.7. The molecule has 2 rings (SSSR count). The van der Waals surface area contributed by atoms with Crippen LogP contribution >= 0.6 is 15.9 Å². The monoisotopic (exact) mass is 335 g/mol. The summed E-state index contributed by atoms with van der Waals surface area (Å²) in [5, 5.41) is 11.0. The maximum absolute atomic E-state index is 11.3. The summed E-state index contributed by atoms with van der Waals surface area (Å²) in [7, 11) is 0. The predicted octanol–water partition coefficient (Wildman–Crippen LogP) is 4.35. The lowest BCUT2D eigenvalue weighted by Crippen LogP contribution is -2.00. The fourth-order valence-corrected chi connectivity index (χ4v) is 1.93. The van der Waals surface area contributed by atoms with Gasteiger partial charge in [0.15, 0.2) is 5.78 Å². The van der Waals surface area contributed by atoms with Crippen molar-refractivity contribution in [3.63, 3.8) is 0 Å². The van der Waals surface area contributed by atoms with Gasteiger partial charge in [0.25, 0.3) is 5.69 Å². The molecule has 20 heavy (non-hydrogen) atoms. The molecule has 0 aliphatic carbocycles. The third-order valence-corrected chi connectivity index (χ3v) is 3.12. The summed E-state index contributed by atoms with van der Waals surface area (Å²) in [6.07, 6.45) is 0. The van der Waals surface area contributed by atoms with E-state index in [4.69, 9.17) is 4.74 Å². The molecule has 0 atom stereocenters. The first-order chi connectivity index (χ1) is 9.47. The Morgan fingerprint density at radius 2 is 1.75 bits per heavy atom. The van der Waals surface area contributed by atoms with Gasteiger partial charge in [0.1, 0.15) is 11.5 Å². The molecule has 0 saturated heterocycles. The summed E-state index contributed by atoms with van der Waals surface area (Å²) in [4.78, 5) is 21.7. The summed E-state index contributed by atoms with van der Waals surface area (Å²) in [6.45, 7) is 1.29. The van der Waals surface area contributed by atoms with Gasteiger partial charge < -0.3 is 4.74 Å². The van der Waals surface area contributed by atoms with E-state index in [2.05, 4.69) is 15.9 Å². The Kier molecular flexibility index (Phi) is 4.14. The molecule has 0 aliphatic rings. The van der Waals surface area contributed by atoms with Gasteiger partial charge in [0.05, 0.1) is 16.6 Å². The first-order valence-electron chi connectivity index (χ1n) is 5.70. The maximum Gasteiger partial charge on any atom is 0.283 e. The summed E-state index contributed by atoms with van der Waals surface area (Å²) >= 11 is 3.30. The molecule has 2 aromatic carbocycles. The molecule has 0 heterocycles. The minimum Gasteiger partial charge on any atom is -0.457 e. The van der Waals surface area contributed by atoms with Crippen LogP contribution in [0.5, 0.6) is 11.5 Å². The minimum atomic E-state index is -0.592. The normalized spacial score (nSPS) is 10.1. The molecule has 2 aromatic rings. The summed E-state index contributed by atoms with van der Waals surface area (Å²) < 4.78 is 6.43. The van der Waals surface area contributed by atoms with Gasteiger partial charge in [0, 0.05) is 4.47 Å². The second-order valence-corrected chi connectivity index (χ2v) is 4.96. The number of halogens is 1. The van der Waals surface area contributed by atoms with Crippen molar-refractivity contribution in [2.45, 2.75) is 6.92 Å². The van der Waals surface area contributed by atoms with E-state index in [9.17, 15) is 14.9 Å². The van der Waals surface area contributed by atoms with Crippen LogP contribution in [0, 0.1) is 10.1 Å². The van der Waals surface area contributed by atoms with Gasteiger partial charge in [0.2, 0.25) is 0 Å². The lowest BCUT2D eigenvalue weighted by atomic mass is 10.1. The van der Waals surface area contributed by atoms with E-state index < -0.39 is 4.92 Å². The molecule has 0 radical (unpaired) electrons. The molecule has 0 spiro atoms. The molecular formula is C14H10BrNO4. The topological polar surface area (TPSA) is 69.4 Å². The Bertz CT molecular complexity index is 667. The third-order valence-electron chi connectivity index (χ3n) is 2.59. The van der Waals surface area contributed by atoms with Crippen LogP contribution in [0.4, 0.5) is 5.69 Å². The van der Waals surface area contributed by atoms with Crippen molar-refractivity contribution < 1.29 is 14.5 Å². The van der Waals surface area contributed by atoms with Crippen molar-refractivity contribution in [1.82, 2.24) is 0 Å². The number of carbonyl (C=O) groups excluding carboxylic acids is 1. The Morgan fingerprint density at radius 1 is 1.15 bits per heavy atom. The highest BCUT2D eigenvalue weighted by atomic mass is 79.9. The van der Waals surface area contributed by atoms with Crippen LogP contribution in [0.2, 0.25) is 0 Å². The van der Waals surface area contributed by atoms with Gasteiger partial charge in [-0.1, -0.05) is 15.9 Å². The third kappa shape index (κ3) is 3.21. The Morgan fingerprint density at radius 3 is 2.30 bits per heavy atom. The number of benzene rings is 2. The molecule has 0 N–H and O–H groups in total. The van der Waals surface area contributed by atoms with Gasteiger partial charge in [-0.05, 0) is 43.3 Å². The fourth-order valence-electron chi connectivity index (χ4n) is 1.66. The Labute approximate surface area is 123 Å². The van der Waals surface area contributed by atoms with E-state index in [1.54, 1.807) is 24.3 Å². The van der Waals surface area contributed by atoms with Crippen LogP contribution in [-0.4, -0.2) is 10.7 Å². The molecule has 0 amide bonds.